The molecule has 0 spiro atoms. The summed E-state index contributed by atoms with van der Waals surface area (Å²) < 4.78 is 19.2. The molecule has 0 unspecified atom stereocenters. The van der Waals surface area contributed by atoms with Gasteiger partial charge < -0.3 is 9.73 Å². The van der Waals surface area contributed by atoms with Crippen LogP contribution >= 0.6 is 0 Å². The Kier molecular flexibility index (Phi) is 5.09. The van der Waals surface area contributed by atoms with Crippen LogP contribution in [0.3, 0.4) is 0 Å². The summed E-state index contributed by atoms with van der Waals surface area (Å²) in [5, 5.41) is 2.83. The molecule has 0 aliphatic carbocycles. The smallest absolute Gasteiger partial charge is 0.229 e. The highest BCUT2D eigenvalue weighted by Crippen LogP contribution is 2.24. The maximum Gasteiger partial charge on any atom is 0.229 e. The number of halogens is 1. The van der Waals surface area contributed by atoms with E-state index in [9.17, 15) is 9.18 Å². The Labute approximate surface area is 123 Å². The molecular weight excluding hydrogens is 271 g/mol. The number of benzene rings is 1. The molecule has 21 heavy (non-hydrogen) atoms. The van der Waals surface area contributed by atoms with E-state index in [0.29, 0.717) is 30.7 Å². The molecule has 4 nitrogen and oxygen atoms in total. The minimum Gasteiger partial charge on any atom is -0.441 e. The lowest BCUT2D eigenvalue weighted by molar-refractivity contribution is -0.121. The van der Waals surface area contributed by atoms with E-state index in [1.54, 1.807) is 25.1 Å². The van der Waals surface area contributed by atoms with Gasteiger partial charge in [-0.25, -0.2) is 9.37 Å². The number of hydrogen-bond acceptors (Lipinski definition) is 3. The average Bonchev–Trinajstić information content (AvgIpc) is 2.81. The number of nitrogens with zero attached hydrogens (tertiary/aromatic N) is 1. The maximum atomic E-state index is 13.7. The third-order valence-corrected chi connectivity index (χ3v) is 3.16. The predicted molar refractivity (Wildman–Crippen MR) is 78.3 cm³/mol. The third-order valence-electron chi connectivity index (χ3n) is 3.16. The van der Waals surface area contributed by atoms with Crippen molar-refractivity contribution in [2.45, 2.75) is 33.1 Å². The average molecular weight is 290 g/mol. The van der Waals surface area contributed by atoms with Gasteiger partial charge in [-0.2, -0.15) is 0 Å². The van der Waals surface area contributed by atoms with Gasteiger partial charge in [0.25, 0.3) is 0 Å². The largest absolute Gasteiger partial charge is 0.441 e. The van der Waals surface area contributed by atoms with Gasteiger partial charge in [0.2, 0.25) is 11.8 Å². The van der Waals surface area contributed by atoms with Crippen LogP contribution < -0.4 is 5.32 Å². The quantitative estimate of drug-likeness (QED) is 0.888. The first kappa shape index (κ1) is 15.2. The first-order chi connectivity index (χ1) is 10.1. The molecule has 0 radical (unpaired) electrons. The molecule has 0 fully saturated rings. The highest BCUT2D eigenvalue weighted by Gasteiger charge is 2.14. The fourth-order valence-corrected chi connectivity index (χ4v) is 2.05. The molecule has 0 saturated heterocycles. The molecule has 0 aliphatic rings. The lowest BCUT2D eigenvalue weighted by Gasteiger charge is -2.02. The Balaban J connectivity index is 2.03. The van der Waals surface area contributed by atoms with Gasteiger partial charge in [-0.3, -0.25) is 4.79 Å². The summed E-state index contributed by atoms with van der Waals surface area (Å²) in [4.78, 5) is 15.7. The normalized spacial score (nSPS) is 10.6. The van der Waals surface area contributed by atoms with Crippen LogP contribution in [-0.4, -0.2) is 17.4 Å². The number of aryl methyl sites for hydroxylation is 1. The Morgan fingerprint density at radius 2 is 2.14 bits per heavy atom. The summed E-state index contributed by atoms with van der Waals surface area (Å²) in [5.74, 6) is 0.605. The molecule has 0 aliphatic heterocycles. The summed E-state index contributed by atoms with van der Waals surface area (Å²) in [6.07, 6.45) is 1.92. The van der Waals surface area contributed by atoms with Crippen molar-refractivity contribution in [1.82, 2.24) is 10.3 Å². The zero-order chi connectivity index (χ0) is 15.2. The lowest BCUT2D eigenvalue weighted by Crippen LogP contribution is -2.25. The number of rotatable bonds is 6. The van der Waals surface area contributed by atoms with Gasteiger partial charge >= 0.3 is 0 Å². The van der Waals surface area contributed by atoms with Gasteiger partial charge in [0.15, 0.2) is 0 Å². The molecule has 1 aromatic heterocycles. The minimum atomic E-state index is -0.360. The SMILES string of the molecule is CCCC(=O)NCCc1nc(-c2ccccc2F)oc1C. The minimum absolute atomic E-state index is 0.0352. The zero-order valence-electron chi connectivity index (χ0n) is 12.3. The number of oxazole rings is 1. The highest BCUT2D eigenvalue weighted by molar-refractivity contribution is 5.75. The molecule has 1 amide bonds. The fourth-order valence-electron chi connectivity index (χ4n) is 2.05. The predicted octanol–water partition coefficient (Wildman–Crippen LogP) is 3.25. The number of aromatic nitrogens is 1. The number of carbonyl (C=O) groups excluding carboxylic acids is 1. The van der Waals surface area contributed by atoms with Crippen LogP contribution in [0.4, 0.5) is 4.39 Å². The van der Waals surface area contributed by atoms with Gasteiger partial charge in [0.1, 0.15) is 11.6 Å². The second-order valence-corrected chi connectivity index (χ2v) is 4.85. The summed E-state index contributed by atoms with van der Waals surface area (Å²) in [6.45, 7) is 4.26. The van der Waals surface area contributed by atoms with Crippen molar-refractivity contribution < 1.29 is 13.6 Å². The van der Waals surface area contributed by atoms with Gasteiger partial charge in [0, 0.05) is 19.4 Å². The molecule has 2 rings (SSSR count). The van der Waals surface area contributed by atoms with E-state index in [2.05, 4.69) is 10.3 Å². The van der Waals surface area contributed by atoms with Crippen molar-refractivity contribution in [3.8, 4) is 11.5 Å². The zero-order valence-corrected chi connectivity index (χ0v) is 12.3. The third kappa shape index (κ3) is 3.90. The lowest BCUT2D eigenvalue weighted by atomic mass is 10.2. The van der Waals surface area contributed by atoms with E-state index < -0.39 is 0 Å². The monoisotopic (exact) mass is 290 g/mol. The van der Waals surface area contributed by atoms with E-state index in [-0.39, 0.29) is 17.6 Å². The molecule has 0 atom stereocenters. The van der Waals surface area contributed by atoms with E-state index in [0.717, 1.165) is 12.1 Å². The molecule has 1 aromatic carbocycles. The first-order valence-electron chi connectivity index (χ1n) is 7.09. The van der Waals surface area contributed by atoms with Gasteiger partial charge in [0.05, 0.1) is 11.3 Å². The first-order valence-corrected chi connectivity index (χ1v) is 7.09. The standard InChI is InChI=1S/C16H19FN2O2/c1-3-6-15(20)18-10-9-14-11(2)21-16(19-14)12-7-4-5-8-13(12)17/h4-5,7-8H,3,6,9-10H2,1-2H3,(H,18,20). The van der Waals surface area contributed by atoms with E-state index >= 15 is 0 Å². The summed E-state index contributed by atoms with van der Waals surface area (Å²) in [6, 6.07) is 6.37. The van der Waals surface area contributed by atoms with Crippen LogP contribution in [0.15, 0.2) is 28.7 Å². The van der Waals surface area contributed by atoms with Crippen molar-refractivity contribution in [3.05, 3.63) is 41.5 Å². The van der Waals surface area contributed by atoms with Crippen LogP contribution in [0.1, 0.15) is 31.2 Å². The number of amides is 1. The Hall–Kier alpha value is -2.17. The molecule has 112 valence electrons. The summed E-state index contributed by atoms with van der Waals surface area (Å²) >= 11 is 0. The molecule has 5 heteroatoms. The van der Waals surface area contributed by atoms with Gasteiger partial charge in [-0.1, -0.05) is 19.1 Å². The van der Waals surface area contributed by atoms with E-state index in [1.165, 1.54) is 6.07 Å². The van der Waals surface area contributed by atoms with Crippen LogP contribution in [0.25, 0.3) is 11.5 Å². The van der Waals surface area contributed by atoms with Gasteiger partial charge in [-0.05, 0) is 25.5 Å². The van der Waals surface area contributed by atoms with Crippen molar-refractivity contribution in [3.63, 3.8) is 0 Å². The second kappa shape index (κ2) is 7.02. The van der Waals surface area contributed by atoms with Crippen molar-refractivity contribution in [2.75, 3.05) is 6.54 Å². The van der Waals surface area contributed by atoms with Crippen molar-refractivity contribution in [2.24, 2.45) is 0 Å². The van der Waals surface area contributed by atoms with E-state index in [1.807, 2.05) is 6.92 Å². The second-order valence-electron chi connectivity index (χ2n) is 4.85. The molecule has 1 N–H and O–H groups in total. The van der Waals surface area contributed by atoms with Crippen molar-refractivity contribution >= 4 is 5.91 Å². The summed E-state index contributed by atoms with van der Waals surface area (Å²) in [5.41, 5.74) is 1.09. The van der Waals surface area contributed by atoms with Crippen LogP contribution in [0.2, 0.25) is 0 Å². The Morgan fingerprint density at radius 1 is 1.38 bits per heavy atom. The Morgan fingerprint density at radius 3 is 2.86 bits per heavy atom. The summed E-state index contributed by atoms with van der Waals surface area (Å²) in [7, 11) is 0. The Bertz CT molecular complexity index is 622. The molecule has 1 heterocycles. The maximum absolute atomic E-state index is 13.7. The number of nitrogens with one attached hydrogen (secondary N) is 1. The van der Waals surface area contributed by atoms with E-state index in [4.69, 9.17) is 4.42 Å². The highest BCUT2D eigenvalue weighted by atomic mass is 19.1. The fraction of sp³-hybridized carbons (Fsp3) is 0.375. The molecule has 0 bridgehead atoms. The topological polar surface area (TPSA) is 55.1 Å². The number of hydrogen-bond donors (Lipinski definition) is 1. The number of carbonyl (C=O) groups is 1. The molecular formula is C16H19FN2O2. The van der Waals surface area contributed by atoms with Crippen LogP contribution in [0, 0.1) is 12.7 Å². The van der Waals surface area contributed by atoms with Crippen LogP contribution in [0.5, 0.6) is 0 Å². The molecule has 2 aromatic rings. The van der Waals surface area contributed by atoms with Gasteiger partial charge in [-0.15, -0.1) is 0 Å². The molecule has 0 saturated carbocycles. The van der Waals surface area contributed by atoms with Crippen molar-refractivity contribution in [1.29, 1.82) is 0 Å². The van der Waals surface area contributed by atoms with Crippen LogP contribution in [-0.2, 0) is 11.2 Å².